The molecular weight excluding hydrogens is 462 g/mol. The van der Waals surface area contributed by atoms with Crippen molar-refractivity contribution in [2.75, 3.05) is 7.11 Å². The molecule has 0 amide bonds. The van der Waals surface area contributed by atoms with Crippen molar-refractivity contribution in [2.45, 2.75) is 39.3 Å². The number of methoxy groups -OCH3 is 1. The number of hydrogen-bond acceptors (Lipinski definition) is 5. The molecule has 1 atom stereocenters. The molecule has 1 heterocycles. The van der Waals surface area contributed by atoms with E-state index in [-0.39, 0.29) is 5.69 Å². The van der Waals surface area contributed by atoms with Crippen molar-refractivity contribution in [3.8, 4) is 11.1 Å². The third kappa shape index (κ3) is 4.56. The number of carbonyl (C=O) groups is 2. The van der Waals surface area contributed by atoms with Crippen LogP contribution in [0.5, 0.6) is 0 Å². The summed E-state index contributed by atoms with van der Waals surface area (Å²) in [6.45, 7) is 6.78. The van der Waals surface area contributed by atoms with Crippen LogP contribution in [-0.4, -0.2) is 29.2 Å². The summed E-state index contributed by atoms with van der Waals surface area (Å²) >= 11 is 3.45. The molecule has 0 aliphatic carbocycles. The number of fused-ring (bicyclic) bond motifs is 1. The van der Waals surface area contributed by atoms with Crippen LogP contribution < -0.4 is 5.56 Å². The zero-order valence-corrected chi connectivity index (χ0v) is 19.6. The van der Waals surface area contributed by atoms with Gasteiger partial charge < -0.3 is 9.47 Å². The molecule has 6 nitrogen and oxygen atoms in total. The van der Waals surface area contributed by atoms with E-state index in [2.05, 4.69) is 15.9 Å². The van der Waals surface area contributed by atoms with Crippen LogP contribution in [0.2, 0.25) is 0 Å². The lowest BCUT2D eigenvalue weighted by Gasteiger charge is -2.26. The second-order valence-corrected chi connectivity index (χ2v) is 9.07. The summed E-state index contributed by atoms with van der Waals surface area (Å²) < 4.78 is 12.5. The first-order valence-electron chi connectivity index (χ1n) is 9.79. The van der Waals surface area contributed by atoms with Gasteiger partial charge in [-0.25, -0.2) is 9.59 Å². The van der Waals surface area contributed by atoms with Crippen molar-refractivity contribution >= 4 is 38.6 Å². The van der Waals surface area contributed by atoms with Gasteiger partial charge in [0.15, 0.2) is 0 Å². The highest BCUT2D eigenvalue weighted by molar-refractivity contribution is 9.10. The highest BCUT2D eigenvalue weighted by Gasteiger charge is 2.31. The average Bonchev–Trinajstić information content (AvgIpc) is 2.71. The third-order valence-electron chi connectivity index (χ3n) is 4.75. The number of carbonyl (C=O) groups excluding carboxylic acids is 2. The van der Waals surface area contributed by atoms with Gasteiger partial charge in [0.2, 0.25) is 0 Å². The predicted octanol–water partition coefficient (Wildman–Crippen LogP) is 5.12. The standard InChI is InChI=1S/C24H24BrNO5/c1-14(22(28)31-24(2,3)4)26-20(23(29)30-5)19(15-9-7-6-8-10-15)18-13-16(25)11-12-17(18)21(26)27/h6-14H,1-5H3. The van der Waals surface area contributed by atoms with Gasteiger partial charge in [0.1, 0.15) is 17.3 Å². The maximum atomic E-state index is 13.5. The molecule has 3 aromatic rings. The Morgan fingerprint density at radius 1 is 1.03 bits per heavy atom. The Labute approximate surface area is 188 Å². The molecule has 1 unspecified atom stereocenters. The summed E-state index contributed by atoms with van der Waals surface area (Å²) in [4.78, 5) is 39.4. The van der Waals surface area contributed by atoms with E-state index in [0.717, 1.165) is 10.0 Å². The van der Waals surface area contributed by atoms with Gasteiger partial charge in [0, 0.05) is 15.4 Å². The molecule has 0 fully saturated rings. The summed E-state index contributed by atoms with van der Waals surface area (Å²) in [5.41, 5.74) is 0.0168. The normalized spacial score (nSPS) is 12.5. The molecule has 3 rings (SSSR count). The van der Waals surface area contributed by atoms with Gasteiger partial charge in [-0.1, -0.05) is 46.3 Å². The van der Waals surface area contributed by atoms with E-state index in [4.69, 9.17) is 9.47 Å². The lowest BCUT2D eigenvalue weighted by molar-refractivity contribution is -0.158. The van der Waals surface area contributed by atoms with Gasteiger partial charge in [-0.15, -0.1) is 0 Å². The smallest absolute Gasteiger partial charge is 0.355 e. The summed E-state index contributed by atoms with van der Waals surface area (Å²) in [6, 6.07) is 13.4. The molecule has 2 aromatic carbocycles. The first-order chi connectivity index (χ1) is 14.5. The Morgan fingerprint density at radius 3 is 2.26 bits per heavy atom. The molecule has 31 heavy (non-hydrogen) atoms. The van der Waals surface area contributed by atoms with Gasteiger partial charge >= 0.3 is 11.9 Å². The van der Waals surface area contributed by atoms with Crippen molar-refractivity contribution in [2.24, 2.45) is 0 Å². The fraction of sp³-hybridized carbons (Fsp3) is 0.292. The molecule has 0 spiro atoms. The first-order valence-corrected chi connectivity index (χ1v) is 10.6. The monoisotopic (exact) mass is 485 g/mol. The summed E-state index contributed by atoms with van der Waals surface area (Å²) in [7, 11) is 1.25. The summed E-state index contributed by atoms with van der Waals surface area (Å²) in [5, 5.41) is 0.962. The molecule has 0 aliphatic rings. The Hall–Kier alpha value is -2.93. The second-order valence-electron chi connectivity index (χ2n) is 8.16. The van der Waals surface area contributed by atoms with Crippen molar-refractivity contribution < 1.29 is 19.1 Å². The van der Waals surface area contributed by atoms with E-state index < -0.39 is 29.1 Å². The van der Waals surface area contributed by atoms with E-state index in [1.807, 2.05) is 30.3 Å². The Balaban J connectivity index is 2.46. The minimum Gasteiger partial charge on any atom is -0.464 e. The molecule has 0 saturated heterocycles. The SMILES string of the molecule is COC(=O)c1c(-c2ccccc2)c2cc(Br)ccc2c(=O)n1C(C)C(=O)OC(C)(C)C. The van der Waals surface area contributed by atoms with Gasteiger partial charge in [0.05, 0.1) is 7.11 Å². The zero-order chi connectivity index (χ0) is 22.9. The number of halogens is 1. The minimum atomic E-state index is -1.05. The second kappa shape index (κ2) is 8.67. The molecule has 162 valence electrons. The van der Waals surface area contributed by atoms with Crippen LogP contribution in [0.15, 0.2) is 57.8 Å². The fourth-order valence-corrected chi connectivity index (χ4v) is 3.81. The molecule has 0 saturated carbocycles. The molecule has 0 N–H and O–H groups in total. The van der Waals surface area contributed by atoms with Crippen molar-refractivity contribution in [3.63, 3.8) is 0 Å². The lowest BCUT2D eigenvalue weighted by atomic mass is 9.96. The van der Waals surface area contributed by atoms with E-state index in [1.165, 1.54) is 11.7 Å². The van der Waals surface area contributed by atoms with E-state index >= 15 is 0 Å². The van der Waals surface area contributed by atoms with Crippen molar-refractivity contribution in [3.05, 3.63) is 69.1 Å². The molecule has 0 bridgehead atoms. The fourth-order valence-electron chi connectivity index (χ4n) is 3.45. The lowest BCUT2D eigenvalue weighted by Crippen LogP contribution is -2.37. The number of hydrogen-bond donors (Lipinski definition) is 0. The van der Waals surface area contributed by atoms with Gasteiger partial charge in [-0.2, -0.15) is 0 Å². The molecule has 1 aromatic heterocycles. The largest absolute Gasteiger partial charge is 0.464 e. The quantitative estimate of drug-likeness (QED) is 0.479. The van der Waals surface area contributed by atoms with Crippen LogP contribution >= 0.6 is 15.9 Å². The van der Waals surface area contributed by atoms with E-state index in [9.17, 15) is 14.4 Å². The predicted molar refractivity (Wildman–Crippen MR) is 123 cm³/mol. The Bertz CT molecular complexity index is 1210. The number of pyridine rings is 1. The van der Waals surface area contributed by atoms with Crippen LogP contribution in [0, 0.1) is 0 Å². The average molecular weight is 486 g/mol. The van der Waals surface area contributed by atoms with Gasteiger partial charge in [0.25, 0.3) is 5.56 Å². The summed E-state index contributed by atoms with van der Waals surface area (Å²) in [5.74, 6) is -1.33. The van der Waals surface area contributed by atoms with Crippen molar-refractivity contribution in [1.82, 2.24) is 4.57 Å². The van der Waals surface area contributed by atoms with Crippen molar-refractivity contribution in [1.29, 1.82) is 0 Å². The van der Waals surface area contributed by atoms with Gasteiger partial charge in [-0.3, -0.25) is 9.36 Å². The number of rotatable bonds is 4. The van der Waals surface area contributed by atoms with Crippen LogP contribution in [0.3, 0.4) is 0 Å². The topological polar surface area (TPSA) is 74.6 Å². The van der Waals surface area contributed by atoms with E-state index in [0.29, 0.717) is 16.3 Å². The Kier molecular flexibility index (Phi) is 6.36. The number of benzene rings is 2. The number of esters is 2. The maximum absolute atomic E-state index is 13.5. The van der Waals surface area contributed by atoms with Crippen LogP contribution in [0.25, 0.3) is 21.9 Å². The number of nitrogens with zero attached hydrogens (tertiary/aromatic N) is 1. The minimum absolute atomic E-state index is 0.00246. The first kappa shape index (κ1) is 22.7. The highest BCUT2D eigenvalue weighted by Crippen LogP contribution is 2.34. The van der Waals surface area contributed by atoms with E-state index in [1.54, 1.807) is 45.9 Å². The van der Waals surface area contributed by atoms with Crippen LogP contribution in [-0.2, 0) is 14.3 Å². The molecule has 7 heteroatoms. The maximum Gasteiger partial charge on any atom is 0.355 e. The number of ether oxygens (including phenoxy) is 2. The molecule has 0 aliphatic heterocycles. The van der Waals surface area contributed by atoms with Crippen LogP contribution in [0.4, 0.5) is 0 Å². The number of aromatic nitrogens is 1. The van der Waals surface area contributed by atoms with Crippen LogP contribution in [0.1, 0.15) is 44.2 Å². The Morgan fingerprint density at radius 2 is 1.68 bits per heavy atom. The molecule has 0 radical (unpaired) electrons. The highest BCUT2D eigenvalue weighted by atomic mass is 79.9. The molecular formula is C24H24BrNO5. The van der Waals surface area contributed by atoms with Gasteiger partial charge in [-0.05, 0) is 56.8 Å². The third-order valence-corrected chi connectivity index (χ3v) is 5.25. The zero-order valence-electron chi connectivity index (χ0n) is 18.1. The summed E-state index contributed by atoms with van der Waals surface area (Å²) in [6.07, 6.45) is 0.